The Bertz CT molecular complexity index is 829. The largest absolute Gasteiger partial charge is 0.355 e. The highest BCUT2D eigenvalue weighted by Crippen LogP contribution is 2.22. The number of imidazole rings is 1. The summed E-state index contributed by atoms with van der Waals surface area (Å²) in [6.07, 6.45) is 8.36. The Morgan fingerprint density at radius 2 is 1.97 bits per heavy atom. The van der Waals surface area contributed by atoms with Crippen molar-refractivity contribution in [2.24, 2.45) is 0 Å². The molecule has 156 valence electrons. The number of hydrogen-bond donors (Lipinski definition) is 1. The molecule has 1 fully saturated rings. The molecule has 2 amide bonds. The van der Waals surface area contributed by atoms with Gasteiger partial charge in [0.2, 0.25) is 11.8 Å². The standard InChI is InChI=1S/C22H30N4O2S/c1-17-13-18(2)15-19(14-17)26-12-9-24-22(26)29-16-20(27)23-8-6-11-25-10-5-3-4-7-21(25)28/h9,12-15H,3-8,10-11,16H2,1-2H3,(H,23,27). The Morgan fingerprint density at radius 1 is 1.17 bits per heavy atom. The van der Waals surface area contributed by atoms with Crippen LogP contribution >= 0.6 is 11.8 Å². The number of rotatable bonds is 8. The zero-order valence-corrected chi connectivity index (χ0v) is 18.1. The lowest BCUT2D eigenvalue weighted by Gasteiger charge is -2.20. The van der Waals surface area contributed by atoms with Gasteiger partial charge in [-0.15, -0.1) is 0 Å². The predicted octanol–water partition coefficient (Wildman–Crippen LogP) is 3.49. The number of benzene rings is 1. The number of likely N-dealkylation sites (tertiary alicyclic amines) is 1. The molecule has 1 N–H and O–H groups in total. The molecule has 0 spiro atoms. The third-order valence-electron chi connectivity index (χ3n) is 5.02. The predicted molar refractivity (Wildman–Crippen MR) is 116 cm³/mol. The molecule has 1 aliphatic rings. The minimum atomic E-state index is -0.00725. The van der Waals surface area contributed by atoms with Crippen LogP contribution in [0, 0.1) is 13.8 Å². The van der Waals surface area contributed by atoms with E-state index >= 15 is 0 Å². The molecule has 2 heterocycles. The van der Waals surface area contributed by atoms with E-state index in [1.54, 1.807) is 6.20 Å². The molecule has 0 atom stereocenters. The second-order valence-corrected chi connectivity index (χ2v) is 8.55. The van der Waals surface area contributed by atoms with E-state index in [1.807, 2.05) is 15.7 Å². The summed E-state index contributed by atoms with van der Waals surface area (Å²) in [5.41, 5.74) is 3.46. The van der Waals surface area contributed by atoms with Gasteiger partial charge in [0, 0.05) is 44.1 Å². The van der Waals surface area contributed by atoms with Gasteiger partial charge in [0.05, 0.1) is 5.75 Å². The second kappa shape index (κ2) is 10.5. The summed E-state index contributed by atoms with van der Waals surface area (Å²) in [6.45, 7) is 6.32. The van der Waals surface area contributed by atoms with Crippen LogP contribution < -0.4 is 5.32 Å². The molecule has 0 bridgehead atoms. The van der Waals surface area contributed by atoms with Gasteiger partial charge in [-0.3, -0.25) is 14.2 Å². The van der Waals surface area contributed by atoms with Gasteiger partial charge >= 0.3 is 0 Å². The lowest BCUT2D eigenvalue weighted by molar-refractivity contribution is -0.130. The van der Waals surface area contributed by atoms with Crippen molar-refractivity contribution < 1.29 is 9.59 Å². The van der Waals surface area contributed by atoms with E-state index in [9.17, 15) is 9.59 Å². The number of amides is 2. The van der Waals surface area contributed by atoms with E-state index in [4.69, 9.17) is 0 Å². The summed E-state index contributed by atoms with van der Waals surface area (Å²) in [4.78, 5) is 30.5. The van der Waals surface area contributed by atoms with Gasteiger partial charge in [0.25, 0.3) is 0 Å². The monoisotopic (exact) mass is 414 g/mol. The highest BCUT2D eigenvalue weighted by Gasteiger charge is 2.16. The van der Waals surface area contributed by atoms with Crippen molar-refractivity contribution in [2.45, 2.75) is 51.1 Å². The zero-order valence-electron chi connectivity index (χ0n) is 17.3. The first-order chi connectivity index (χ1) is 14.0. The van der Waals surface area contributed by atoms with Crippen LogP contribution in [-0.4, -0.2) is 51.7 Å². The molecule has 29 heavy (non-hydrogen) atoms. The third-order valence-corrected chi connectivity index (χ3v) is 5.99. The first-order valence-electron chi connectivity index (χ1n) is 10.3. The molecule has 1 saturated heterocycles. The number of hydrogen-bond acceptors (Lipinski definition) is 4. The number of carbonyl (C=O) groups excluding carboxylic acids is 2. The first-order valence-corrected chi connectivity index (χ1v) is 11.3. The van der Waals surface area contributed by atoms with Crippen LogP contribution in [0.3, 0.4) is 0 Å². The Labute approximate surface area is 177 Å². The van der Waals surface area contributed by atoms with Crippen molar-refractivity contribution in [3.63, 3.8) is 0 Å². The maximum atomic E-state index is 12.2. The molecule has 0 saturated carbocycles. The average molecular weight is 415 g/mol. The average Bonchev–Trinajstić information content (AvgIpc) is 3.06. The second-order valence-electron chi connectivity index (χ2n) is 7.61. The molecule has 0 unspecified atom stereocenters. The van der Waals surface area contributed by atoms with E-state index in [0.717, 1.165) is 49.6 Å². The Kier molecular flexibility index (Phi) is 7.75. The van der Waals surface area contributed by atoms with Crippen LogP contribution in [-0.2, 0) is 9.59 Å². The maximum absolute atomic E-state index is 12.2. The summed E-state index contributed by atoms with van der Waals surface area (Å²) in [6, 6.07) is 6.37. The number of nitrogens with one attached hydrogen (secondary N) is 1. The quantitative estimate of drug-likeness (QED) is 0.530. The van der Waals surface area contributed by atoms with E-state index in [0.29, 0.717) is 18.7 Å². The molecular weight excluding hydrogens is 384 g/mol. The Hall–Kier alpha value is -2.28. The van der Waals surface area contributed by atoms with E-state index in [-0.39, 0.29) is 11.8 Å². The fourth-order valence-corrected chi connectivity index (χ4v) is 4.44. The van der Waals surface area contributed by atoms with E-state index in [1.165, 1.54) is 22.9 Å². The number of aromatic nitrogens is 2. The normalized spacial score (nSPS) is 14.7. The van der Waals surface area contributed by atoms with E-state index < -0.39 is 0 Å². The smallest absolute Gasteiger partial charge is 0.230 e. The minimum absolute atomic E-state index is 0.00725. The molecule has 1 aromatic carbocycles. The van der Waals surface area contributed by atoms with Crippen LogP contribution in [0.25, 0.3) is 5.69 Å². The first kappa shape index (κ1) is 21.4. The molecule has 1 aromatic heterocycles. The summed E-state index contributed by atoms with van der Waals surface area (Å²) in [5, 5.41) is 3.76. The summed E-state index contributed by atoms with van der Waals surface area (Å²) >= 11 is 1.43. The molecule has 7 heteroatoms. The van der Waals surface area contributed by atoms with Crippen LogP contribution in [0.5, 0.6) is 0 Å². The molecule has 0 radical (unpaired) electrons. The number of carbonyl (C=O) groups is 2. The Morgan fingerprint density at radius 3 is 2.76 bits per heavy atom. The lowest BCUT2D eigenvalue weighted by Crippen LogP contribution is -2.34. The van der Waals surface area contributed by atoms with Crippen LogP contribution in [0.4, 0.5) is 0 Å². The van der Waals surface area contributed by atoms with Crippen molar-refractivity contribution in [3.05, 3.63) is 41.7 Å². The fourth-order valence-electron chi connectivity index (χ4n) is 3.64. The van der Waals surface area contributed by atoms with Crippen molar-refractivity contribution in [1.29, 1.82) is 0 Å². The van der Waals surface area contributed by atoms with Gasteiger partial charge in [-0.25, -0.2) is 4.98 Å². The fraction of sp³-hybridized carbons (Fsp3) is 0.500. The minimum Gasteiger partial charge on any atom is -0.355 e. The van der Waals surface area contributed by atoms with Gasteiger partial charge in [-0.2, -0.15) is 0 Å². The molecule has 6 nitrogen and oxygen atoms in total. The van der Waals surface area contributed by atoms with Crippen molar-refractivity contribution >= 4 is 23.6 Å². The highest BCUT2D eigenvalue weighted by molar-refractivity contribution is 7.99. The SMILES string of the molecule is Cc1cc(C)cc(-n2ccnc2SCC(=O)NCCCN2CCCCCC2=O)c1. The summed E-state index contributed by atoms with van der Waals surface area (Å²) < 4.78 is 2.02. The van der Waals surface area contributed by atoms with Crippen LogP contribution in [0.15, 0.2) is 35.7 Å². The molecular formula is C22H30N4O2S. The topological polar surface area (TPSA) is 67.2 Å². The molecule has 1 aliphatic heterocycles. The van der Waals surface area contributed by atoms with Crippen molar-refractivity contribution in [3.8, 4) is 5.69 Å². The summed E-state index contributed by atoms with van der Waals surface area (Å²) in [5.74, 6) is 0.569. The maximum Gasteiger partial charge on any atom is 0.230 e. The molecule has 2 aromatic rings. The van der Waals surface area contributed by atoms with Gasteiger partial charge in [-0.1, -0.05) is 24.2 Å². The van der Waals surface area contributed by atoms with Gasteiger partial charge in [0.15, 0.2) is 5.16 Å². The molecule has 3 rings (SSSR count). The van der Waals surface area contributed by atoms with Crippen molar-refractivity contribution in [2.75, 3.05) is 25.4 Å². The number of nitrogens with zero attached hydrogens (tertiary/aromatic N) is 3. The van der Waals surface area contributed by atoms with Gasteiger partial charge < -0.3 is 10.2 Å². The highest BCUT2D eigenvalue weighted by atomic mass is 32.2. The van der Waals surface area contributed by atoms with Gasteiger partial charge in [-0.05, 0) is 56.4 Å². The van der Waals surface area contributed by atoms with E-state index in [2.05, 4.69) is 42.3 Å². The van der Waals surface area contributed by atoms with Crippen molar-refractivity contribution in [1.82, 2.24) is 19.8 Å². The van der Waals surface area contributed by atoms with Crippen LogP contribution in [0.1, 0.15) is 43.2 Å². The van der Waals surface area contributed by atoms with Crippen LogP contribution in [0.2, 0.25) is 0 Å². The number of aryl methyl sites for hydroxylation is 2. The van der Waals surface area contributed by atoms with Gasteiger partial charge in [0.1, 0.15) is 0 Å². The third kappa shape index (κ3) is 6.35. The molecule has 0 aliphatic carbocycles. The number of thioether (sulfide) groups is 1. The Balaban J connectivity index is 1.43. The lowest BCUT2D eigenvalue weighted by atomic mass is 10.1. The zero-order chi connectivity index (χ0) is 20.6. The summed E-state index contributed by atoms with van der Waals surface area (Å²) in [7, 11) is 0.